The molecule has 0 radical (unpaired) electrons. The minimum atomic E-state index is 0.101. The standard InChI is InChI=1S/C13H20O2/c1-13(2,3)12(15-5)10-6-8-11(14-4)9-7-10/h6-9,12H,1-5H3. The fourth-order valence-electron chi connectivity index (χ4n) is 1.77. The normalized spacial score (nSPS) is 13.7. The van der Waals surface area contributed by atoms with Gasteiger partial charge in [0.1, 0.15) is 5.75 Å². The SMILES string of the molecule is COc1ccc(C(OC)C(C)(C)C)cc1. The number of hydrogen-bond acceptors (Lipinski definition) is 2. The largest absolute Gasteiger partial charge is 0.497 e. The van der Waals surface area contributed by atoms with Crippen LogP contribution in [0.1, 0.15) is 32.4 Å². The van der Waals surface area contributed by atoms with Crippen LogP contribution in [-0.4, -0.2) is 14.2 Å². The van der Waals surface area contributed by atoms with Crippen LogP contribution in [0.15, 0.2) is 24.3 Å². The van der Waals surface area contributed by atoms with Crippen molar-refractivity contribution < 1.29 is 9.47 Å². The van der Waals surface area contributed by atoms with E-state index in [0.717, 1.165) is 5.75 Å². The fraction of sp³-hybridized carbons (Fsp3) is 0.538. The van der Waals surface area contributed by atoms with Gasteiger partial charge >= 0.3 is 0 Å². The van der Waals surface area contributed by atoms with Crippen LogP contribution in [0.2, 0.25) is 0 Å². The van der Waals surface area contributed by atoms with Crippen LogP contribution in [0.3, 0.4) is 0 Å². The van der Waals surface area contributed by atoms with Gasteiger partial charge in [-0.3, -0.25) is 0 Å². The number of benzene rings is 1. The van der Waals surface area contributed by atoms with Crippen LogP contribution in [0, 0.1) is 5.41 Å². The molecule has 1 aromatic carbocycles. The Morgan fingerprint density at radius 2 is 1.53 bits per heavy atom. The molecule has 2 heteroatoms. The molecule has 0 spiro atoms. The van der Waals surface area contributed by atoms with Crippen LogP contribution in [0.5, 0.6) is 5.75 Å². The second kappa shape index (κ2) is 4.67. The van der Waals surface area contributed by atoms with E-state index in [1.54, 1.807) is 14.2 Å². The first-order chi connectivity index (χ1) is 6.99. The van der Waals surface area contributed by atoms with E-state index in [4.69, 9.17) is 9.47 Å². The van der Waals surface area contributed by atoms with E-state index in [1.807, 2.05) is 12.1 Å². The molecule has 0 N–H and O–H groups in total. The zero-order chi connectivity index (χ0) is 11.5. The predicted octanol–water partition coefficient (Wildman–Crippen LogP) is 3.43. The topological polar surface area (TPSA) is 18.5 Å². The summed E-state index contributed by atoms with van der Waals surface area (Å²) in [6.07, 6.45) is 0.114. The molecule has 1 aromatic rings. The van der Waals surface area contributed by atoms with Crippen LogP contribution in [-0.2, 0) is 4.74 Å². The quantitative estimate of drug-likeness (QED) is 0.757. The van der Waals surface area contributed by atoms with E-state index in [1.165, 1.54) is 5.56 Å². The highest BCUT2D eigenvalue weighted by Gasteiger charge is 2.25. The second-order valence-corrected chi connectivity index (χ2v) is 4.75. The average molecular weight is 208 g/mol. The van der Waals surface area contributed by atoms with Gasteiger partial charge in [-0.25, -0.2) is 0 Å². The lowest BCUT2D eigenvalue weighted by molar-refractivity contribution is 0.0152. The molecular formula is C13H20O2. The van der Waals surface area contributed by atoms with Gasteiger partial charge in [-0.15, -0.1) is 0 Å². The van der Waals surface area contributed by atoms with E-state index in [-0.39, 0.29) is 11.5 Å². The number of ether oxygens (including phenoxy) is 2. The third-order valence-electron chi connectivity index (χ3n) is 2.44. The molecule has 0 aliphatic heterocycles. The summed E-state index contributed by atoms with van der Waals surface area (Å²) in [6, 6.07) is 8.04. The lowest BCUT2D eigenvalue weighted by Gasteiger charge is -2.29. The number of hydrogen-bond donors (Lipinski definition) is 0. The van der Waals surface area contributed by atoms with Crippen LogP contribution in [0.4, 0.5) is 0 Å². The first-order valence-electron chi connectivity index (χ1n) is 5.16. The molecule has 15 heavy (non-hydrogen) atoms. The van der Waals surface area contributed by atoms with Crippen molar-refractivity contribution >= 4 is 0 Å². The van der Waals surface area contributed by atoms with Gasteiger partial charge in [0.05, 0.1) is 13.2 Å². The Hall–Kier alpha value is -1.02. The Morgan fingerprint density at radius 1 is 1.00 bits per heavy atom. The third-order valence-corrected chi connectivity index (χ3v) is 2.44. The smallest absolute Gasteiger partial charge is 0.118 e. The maximum atomic E-state index is 5.53. The van der Waals surface area contributed by atoms with E-state index in [9.17, 15) is 0 Å². The Labute approximate surface area is 92.2 Å². The Morgan fingerprint density at radius 3 is 1.87 bits per heavy atom. The highest BCUT2D eigenvalue weighted by molar-refractivity contribution is 5.29. The summed E-state index contributed by atoms with van der Waals surface area (Å²) in [5.74, 6) is 0.877. The fourth-order valence-corrected chi connectivity index (χ4v) is 1.77. The molecule has 84 valence electrons. The molecule has 1 unspecified atom stereocenters. The highest BCUT2D eigenvalue weighted by atomic mass is 16.5. The summed E-state index contributed by atoms with van der Waals surface area (Å²) in [5, 5.41) is 0. The van der Waals surface area contributed by atoms with Gasteiger partial charge in [0.15, 0.2) is 0 Å². The molecule has 0 saturated carbocycles. The van der Waals surface area contributed by atoms with Gasteiger partial charge < -0.3 is 9.47 Å². The molecule has 1 rings (SSSR count). The lowest BCUT2D eigenvalue weighted by atomic mass is 9.84. The molecule has 2 nitrogen and oxygen atoms in total. The summed E-state index contributed by atoms with van der Waals surface area (Å²) < 4.78 is 10.7. The van der Waals surface area contributed by atoms with Crippen molar-refractivity contribution in [3.8, 4) is 5.75 Å². The van der Waals surface area contributed by atoms with E-state index >= 15 is 0 Å². The first kappa shape index (κ1) is 12.1. The molecule has 0 fully saturated rings. The number of rotatable bonds is 3. The summed E-state index contributed by atoms with van der Waals surface area (Å²) in [6.45, 7) is 6.52. The molecule has 0 saturated heterocycles. The van der Waals surface area contributed by atoms with Gasteiger partial charge in [0.2, 0.25) is 0 Å². The molecule has 0 amide bonds. The van der Waals surface area contributed by atoms with Crippen LogP contribution < -0.4 is 4.74 Å². The molecule has 0 bridgehead atoms. The van der Waals surface area contributed by atoms with Crippen molar-refractivity contribution in [3.05, 3.63) is 29.8 Å². The highest BCUT2D eigenvalue weighted by Crippen LogP contribution is 2.35. The van der Waals surface area contributed by atoms with Crippen molar-refractivity contribution in [2.45, 2.75) is 26.9 Å². The zero-order valence-corrected chi connectivity index (χ0v) is 10.2. The molecule has 1 atom stereocenters. The van der Waals surface area contributed by atoms with Crippen molar-refractivity contribution in [1.29, 1.82) is 0 Å². The van der Waals surface area contributed by atoms with Gasteiger partial charge in [-0.1, -0.05) is 32.9 Å². The van der Waals surface area contributed by atoms with Crippen molar-refractivity contribution in [3.63, 3.8) is 0 Å². The molecule has 0 heterocycles. The van der Waals surface area contributed by atoms with Gasteiger partial charge in [0.25, 0.3) is 0 Å². The monoisotopic (exact) mass is 208 g/mol. The predicted molar refractivity (Wildman–Crippen MR) is 62.2 cm³/mol. The Balaban J connectivity index is 2.93. The summed E-state index contributed by atoms with van der Waals surface area (Å²) in [7, 11) is 3.42. The average Bonchev–Trinajstić information content (AvgIpc) is 2.18. The molecule has 0 aliphatic rings. The lowest BCUT2D eigenvalue weighted by Crippen LogP contribution is -2.19. The molecule has 0 aliphatic carbocycles. The van der Waals surface area contributed by atoms with Crippen molar-refractivity contribution in [2.75, 3.05) is 14.2 Å². The maximum Gasteiger partial charge on any atom is 0.118 e. The summed E-state index contributed by atoms with van der Waals surface area (Å²) in [5.41, 5.74) is 1.29. The molecular weight excluding hydrogens is 188 g/mol. The zero-order valence-electron chi connectivity index (χ0n) is 10.2. The van der Waals surface area contributed by atoms with Gasteiger partial charge in [-0.2, -0.15) is 0 Å². The van der Waals surface area contributed by atoms with Crippen LogP contribution in [0.25, 0.3) is 0 Å². The summed E-state index contributed by atoms with van der Waals surface area (Å²) in [4.78, 5) is 0. The van der Waals surface area contributed by atoms with Crippen molar-refractivity contribution in [2.24, 2.45) is 5.41 Å². The summed E-state index contributed by atoms with van der Waals surface area (Å²) >= 11 is 0. The van der Waals surface area contributed by atoms with E-state index in [2.05, 4.69) is 32.9 Å². The molecule has 0 aromatic heterocycles. The van der Waals surface area contributed by atoms with E-state index < -0.39 is 0 Å². The van der Waals surface area contributed by atoms with Gasteiger partial charge in [0, 0.05) is 7.11 Å². The second-order valence-electron chi connectivity index (χ2n) is 4.75. The van der Waals surface area contributed by atoms with Crippen molar-refractivity contribution in [1.82, 2.24) is 0 Å². The minimum Gasteiger partial charge on any atom is -0.497 e. The minimum absolute atomic E-state index is 0.101. The third kappa shape index (κ3) is 2.96. The van der Waals surface area contributed by atoms with Gasteiger partial charge in [-0.05, 0) is 23.1 Å². The maximum absolute atomic E-state index is 5.53. The first-order valence-corrected chi connectivity index (χ1v) is 5.16. The Bertz CT molecular complexity index is 295. The Kier molecular flexibility index (Phi) is 3.75. The van der Waals surface area contributed by atoms with E-state index in [0.29, 0.717) is 0 Å². The number of methoxy groups -OCH3 is 2. The van der Waals surface area contributed by atoms with Crippen LogP contribution >= 0.6 is 0 Å².